The maximum atomic E-state index is 12.5. The van der Waals surface area contributed by atoms with Crippen molar-refractivity contribution in [3.8, 4) is 22.8 Å². The molecule has 2 N–H and O–H groups in total. The smallest absolute Gasteiger partial charge is 0.410 e. The minimum absolute atomic E-state index is 0.00104. The lowest BCUT2D eigenvalue weighted by atomic mass is 9.98. The first-order valence-corrected chi connectivity index (χ1v) is 11.3. The van der Waals surface area contributed by atoms with Gasteiger partial charge in [-0.25, -0.2) is 9.78 Å². The molecular weight excluding hydrogens is 434 g/mol. The van der Waals surface area contributed by atoms with Gasteiger partial charge in [0.2, 0.25) is 11.7 Å². The summed E-state index contributed by atoms with van der Waals surface area (Å²) in [5.74, 6) is 0.915. The molecule has 1 aromatic heterocycles. The van der Waals surface area contributed by atoms with Gasteiger partial charge in [-0.2, -0.15) is 0 Å². The summed E-state index contributed by atoms with van der Waals surface area (Å²) in [6.45, 7) is 6.51. The first kappa shape index (κ1) is 23.4. The molecule has 34 heavy (non-hydrogen) atoms. The SMILES string of the molecule is CC(C)(C)OC(=O)N1CCCC(c2nc(-c3ccc(Oc4ccccc4)cc3)c(C(N)=O)o2)C1. The summed E-state index contributed by atoms with van der Waals surface area (Å²) in [7, 11) is 0. The van der Waals surface area contributed by atoms with Gasteiger partial charge in [0.1, 0.15) is 22.8 Å². The number of likely N-dealkylation sites (tertiary alicyclic amines) is 1. The van der Waals surface area contributed by atoms with E-state index < -0.39 is 11.5 Å². The number of carbonyl (C=O) groups is 2. The van der Waals surface area contributed by atoms with Crippen LogP contribution in [-0.4, -0.2) is 40.6 Å². The summed E-state index contributed by atoms with van der Waals surface area (Å²) in [4.78, 5) is 30.9. The van der Waals surface area contributed by atoms with Crippen LogP contribution in [0.2, 0.25) is 0 Å². The maximum absolute atomic E-state index is 12.5. The van der Waals surface area contributed by atoms with Gasteiger partial charge in [-0.3, -0.25) is 4.79 Å². The molecule has 4 rings (SSSR count). The minimum Gasteiger partial charge on any atom is -0.457 e. The van der Waals surface area contributed by atoms with Gasteiger partial charge in [0.15, 0.2) is 0 Å². The molecule has 0 saturated carbocycles. The Labute approximate surface area is 198 Å². The average Bonchev–Trinajstić information content (AvgIpc) is 3.25. The lowest BCUT2D eigenvalue weighted by molar-refractivity contribution is 0.0190. The quantitative estimate of drug-likeness (QED) is 0.547. The summed E-state index contributed by atoms with van der Waals surface area (Å²) in [6, 6.07) is 16.7. The Morgan fingerprint density at radius 2 is 1.74 bits per heavy atom. The molecule has 2 aromatic carbocycles. The van der Waals surface area contributed by atoms with E-state index in [4.69, 9.17) is 19.6 Å². The molecule has 1 atom stereocenters. The highest BCUT2D eigenvalue weighted by Crippen LogP contribution is 2.33. The number of nitrogens with zero attached hydrogens (tertiary/aromatic N) is 2. The molecule has 3 aromatic rings. The zero-order valence-corrected chi connectivity index (χ0v) is 19.6. The van der Waals surface area contributed by atoms with Gasteiger partial charge in [-0.05, 0) is 70.0 Å². The number of aromatic nitrogens is 1. The highest BCUT2D eigenvalue weighted by Gasteiger charge is 2.32. The van der Waals surface area contributed by atoms with Crippen LogP contribution in [-0.2, 0) is 4.74 Å². The second-order valence-corrected chi connectivity index (χ2v) is 9.30. The van der Waals surface area contributed by atoms with Crippen LogP contribution in [0.1, 0.15) is 56.0 Å². The zero-order valence-electron chi connectivity index (χ0n) is 19.6. The molecule has 1 fully saturated rings. The van der Waals surface area contributed by atoms with Crippen molar-refractivity contribution >= 4 is 12.0 Å². The van der Waals surface area contributed by atoms with Crippen molar-refractivity contribution in [2.24, 2.45) is 5.73 Å². The number of para-hydroxylation sites is 1. The summed E-state index contributed by atoms with van der Waals surface area (Å²) in [5.41, 5.74) is 6.08. The van der Waals surface area contributed by atoms with Gasteiger partial charge >= 0.3 is 6.09 Å². The molecule has 8 nitrogen and oxygen atoms in total. The number of carbonyl (C=O) groups excluding carboxylic acids is 2. The van der Waals surface area contributed by atoms with Crippen molar-refractivity contribution in [1.82, 2.24) is 9.88 Å². The number of hydrogen-bond donors (Lipinski definition) is 1. The second-order valence-electron chi connectivity index (χ2n) is 9.30. The molecule has 2 amide bonds. The van der Waals surface area contributed by atoms with Crippen LogP contribution in [0.5, 0.6) is 11.5 Å². The van der Waals surface area contributed by atoms with E-state index in [2.05, 4.69) is 4.98 Å². The van der Waals surface area contributed by atoms with Crippen molar-refractivity contribution < 1.29 is 23.5 Å². The number of benzene rings is 2. The van der Waals surface area contributed by atoms with Gasteiger partial charge in [0.05, 0.1) is 5.92 Å². The summed E-state index contributed by atoms with van der Waals surface area (Å²) >= 11 is 0. The average molecular weight is 464 g/mol. The zero-order chi connectivity index (χ0) is 24.3. The Kier molecular flexibility index (Phi) is 6.58. The Bertz CT molecular complexity index is 1150. The number of piperidine rings is 1. The molecule has 1 saturated heterocycles. The molecule has 1 aliphatic rings. The minimum atomic E-state index is -0.696. The highest BCUT2D eigenvalue weighted by atomic mass is 16.6. The Hall–Kier alpha value is -3.81. The predicted molar refractivity (Wildman–Crippen MR) is 127 cm³/mol. The van der Waals surface area contributed by atoms with E-state index in [0.717, 1.165) is 18.6 Å². The third-order valence-corrected chi connectivity index (χ3v) is 5.40. The largest absolute Gasteiger partial charge is 0.457 e. The van der Waals surface area contributed by atoms with Crippen LogP contribution in [0, 0.1) is 0 Å². The fourth-order valence-corrected chi connectivity index (χ4v) is 3.85. The highest BCUT2D eigenvalue weighted by molar-refractivity contribution is 5.96. The number of rotatable bonds is 5. The molecule has 0 aliphatic carbocycles. The number of oxazole rings is 1. The Morgan fingerprint density at radius 3 is 2.38 bits per heavy atom. The molecule has 178 valence electrons. The third-order valence-electron chi connectivity index (χ3n) is 5.40. The number of amides is 2. The summed E-state index contributed by atoms with van der Waals surface area (Å²) < 4.78 is 17.2. The van der Waals surface area contributed by atoms with E-state index in [0.29, 0.717) is 36.0 Å². The fourth-order valence-electron chi connectivity index (χ4n) is 3.85. The molecule has 1 aliphatic heterocycles. The first-order valence-electron chi connectivity index (χ1n) is 11.3. The van der Waals surface area contributed by atoms with E-state index in [9.17, 15) is 9.59 Å². The van der Waals surface area contributed by atoms with Crippen molar-refractivity contribution in [2.45, 2.75) is 45.1 Å². The van der Waals surface area contributed by atoms with Crippen LogP contribution in [0.25, 0.3) is 11.3 Å². The lowest BCUT2D eigenvalue weighted by Gasteiger charge is -2.32. The van der Waals surface area contributed by atoms with Crippen molar-refractivity contribution in [3.63, 3.8) is 0 Å². The number of ether oxygens (including phenoxy) is 2. The first-order chi connectivity index (χ1) is 16.2. The van der Waals surface area contributed by atoms with Gasteiger partial charge < -0.3 is 24.5 Å². The number of hydrogen-bond acceptors (Lipinski definition) is 6. The number of primary amides is 1. The predicted octanol–water partition coefficient (Wildman–Crippen LogP) is 5.35. The van der Waals surface area contributed by atoms with Crippen LogP contribution >= 0.6 is 0 Å². The van der Waals surface area contributed by atoms with Crippen molar-refractivity contribution in [3.05, 3.63) is 66.2 Å². The standard InChI is InChI=1S/C26H29N3O5/c1-26(2,3)34-25(31)29-15-7-8-18(16-29)24-28-21(22(33-24)23(27)30)17-11-13-20(14-12-17)32-19-9-5-4-6-10-19/h4-6,9-14,18H,7-8,15-16H2,1-3H3,(H2,27,30). The summed E-state index contributed by atoms with van der Waals surface area (Å²) in [6.07, 6.45) is 1.19. The monoisotopic (exact) mass is 463 g/mol. The van der Waals surface area contributed by atoms with Gasteiger partial charge in [0, 0.05) is 18.7 Å². The molecule has 0 radical (unpaired) electrons. The molecule has 0 spiro atoms. The van der Waals surface area contributed by atoms with E-state index in [1.807, 2.05) is 51.1 Å². The Morgan fingerprint density at radius 1 is 1.06 bits per heavy atom. The van der Waals surface area contributed by atoms with E-state index >= 15 is 0 Å². The molecule has 8 heteroatoms. The van der Waals surface area contributed by atoms with Crippen LogP contribution in [0.3, 0.4) is 0 Å². The van der Waals surface area contributed by atoms with Crippen LogP contribution < -0.4 is 10.5 Å². The second kappa shape index (κ2) is 9.59. The van der Waals surface area contributed by atoms with Crippen molar-refractivity contribution in [1.29, 1.82) is 0 Å². The van der Waals surface area contributed by atoms with Gasteiger partial charge in [-0.15, -0.1) is 0 Å². The molecular formula is C26H29N3O5. The topological polar surface area (TPSA) is 108 Å². The van der Waals surface area contributed by atoms with Crippen LogP contribution in [0.4, 0.5) is 4.79 Å². The van der Waals surface area contributed by atoms with Crippen molar-refractivity contribution in [2.75, 3.05) is 13.1 Å². The summed E-state index contributed by atoms with van der Waals surface area (Å²) in [5, 5.41) is 0. The van der Waals surface area contributed by atoms with Crippen LogP contribution in [0.15, 0.2) is 59.0 Å². The third kappa shape index (κ3) is 5.57. The van der Waals surface area contributed by atoms with Gasteiger partial charge in [-0.1, -0.05) is 18.2 Å². The molecule has 0 bridgehead atoms. The molecule has 2 heterocycles. The maximum Gasteiger partial charge on any atom is 0.410 e. The normalized spacial score (nSPS) is 16.2. The van der Waals surface area contributed by atoms with E-state index in [1.54, 1.807) is 29.2 Å². The van der Waals surface area contributed by atoms with Gasteiger partial charge in [0.25, 0.3) is 5.91 Å². The fraction of sp³-hybridized carbons (Fsp3) is 0.346. The van der Waals surface area contributed by atoms with E-state index in [1.165, 1.54) is 0 Å². The Balaban J connectivity index is 1.54. The van der Waals surface area contributed by atoms with E-state index in [-0.39, 0.29) is 17.8 Å². The molecule has 1 unspecified atom stereocenters. The number of nitrogens with two attached hydrogens (primary N) is 1. The lowest BCUT2D eigenvalue weighted by Crippen LogP contribution is -2.42.